The lowest BCUT2D eigenvalue weighted by Crippen LogP contribution is -2.28. The van der Waals surface area contributed by atoms with Crippen LogP contribution in [0.4, 0.5) is 14.7 Å². The molecule has 3 heterocycles. The van der Waals surface area contributed by atoms with Gasteiger partial charge in [-0.05, 0) is 30.2 Å². The van der Waals surface area contributed by atoms with Gasteiger partial charge in [-0.1, -0.05) is 24.3 Å². The van der Waals surface area contributed by atoms with Crippen LogP contribution in [0, 0.1) is 11.3 Å². The summed E-state index contributed by atoms with van der Waals surface area (Å²) in [6, 6.07) is 12.4. The molecule has 4 N–H and O–H groups in total. The number of fused-ring (bicyclic) bond motifs is 1. The fraction of sp³-hybridized carbons (Fsp3) is 0.208. The van der Waals surface area contributed by atoms with E-state index in [1.165, 1.54) is 28.9 Å². The lowest BCUT2D eigenvalue weighted by Gasteiger charge is -2.16. The molecule has 0 fully saturated rings. The Balaban J connectivity index is 1.61. The first-order valence-corrected chi connectivity index (χ1v) is 10.7. The molecule has 0 aliphatic heterocycles. The molecule has 4 aromatic rings. The Bertz CT molecular complexity index is 1410. The van der Waals surface area contributed by atoms with Gasteiger partial charge >= 0.3 is 0 Å². The number of hydrogen-bond donors (Lipinski definition) is 3. The van der Waals surface area contributed by atoms with E-state index in [9.17, 15) is 18.8 Å². The van der Waals surface area contributed by atoms with Gasteiger partial charge in [0.15, 0.2) is 0 Å². The van der Waals surface area contributed by atoms with Gasteiger partial charge in [-0.25, -0.2) is 23.7 Å². The molecule has 178 valence electrons. The molecule has 0 aliphatic carbocycles. The molecule has 3 aromatic heterocycles. The standard InChI is InChI=1S/C24H22F2N8O/c1-14(16-5-2-4-15(8-16)10-29-13-20(28)35)32-24-31-11-17(9-27)21(33-24)19-12-30-23-18(22(25)26)6-3-7-34(19)23/h2-8,11-12,14,22,29H,10,13H2,1H3,(H2,28,35)(H,31,32,33)/t14-/m0/s1. The summed E-state index contributed by atoms with van der Waals surface area (Å²) in [6.07, 6.45) is 1.72. The van der Waals surface area contributed by atoms with Crippen LogP contribution in [0.5, 0.6) is 0 Å². The second-order valence-electron chi connectivity index (χ2n) is 7.85. The normalized spacial score (nSPS) is 12.0. The molecule has 0 saturated heterocycles. The number of imidazole rings is 1. The summed E-state index contributed by atoms with van der Waals surface area (Å²) < 4.78 is 28.3. The van der Waals surface area contributed by atoms with Crippen molar-refractivity contribution in [3.63, 3.8) is 0 Å². The number of nitrogens with zero attached hydrogens (tertiary/aromatic N) is 5. The van der Waals surface area contributed by atoms with Gasteiger partial charge in [0, 0.05) is 12.7 Å². The van der Waals surface area contributed by atoms with Crippen molar-refractivity contribution in [3.05, 3.63) is 77.2 Å². The third-order valence-corrected chi connectivity index (χ3v) is 5.38. The average Bonchev–Trinajstić information content (AvgIpc) is 3.28. The molecule has 4 rings (SSSR count). The molecule has 0 saturated carbocycles. The van der Waals surface area contributed by atoms with E-state index in [1.54, 1.807) is 6.20 Å². The number of carbonyl (C=O) groups excluding carboxylic acids is 1. The molecule has 11 heteroatoms. The monoisotopic (exact) mass is 476 g/mol. The topological polar surface area (TPSA) is 134 Å². The lowest BCUT2D eigenvalue weighted by molar-refractivity contribution is -0.117. The van der Waals surface area contributed by atoms with Crippen molar-refractivity contribution in [3.8, 4) is 17.5 Å². The largest absolute Gasteiger partial charge is 0.369 e. The van der Waals surface area contributed by atoms with E-state index in [0.717, 1.165) is 11.1 Å². The van der Waals surface area contributed by atoms with Crippen LogP contribution in [-0.4, -0.2) is 31.8 Å². The van der Waals surface area contributed by atoms with Crippen LogP contribution in [-0.2, 0) is 11.3 Å². The number of halogens is 2. The summed E-state index contributed by atoms with van der Waals surface area (Å²) in [5.41, 5.74) is 7.85. The Labute approximate surface area is 199 Å². The van der Waals surface area contributed by atoms with Gasteiger partial charge in [0.2, 0.25) is 11.9 Å². The fourth-order valence-electron chi connectivity index (χ4n) is 3.69. The summed E-state index contributed by atoms with van der Waals surface area (Å²) in [5.74, 6) is -0.162. The first-order valence-electron chi connectivity index (χ1n) is 10.7. The van der Waals surface area contributed by atoms with E-state index in [4.69, 9.17) is 5.73 Å². The number of nitrogens with two attached hydrogens (primary N) is 1. The molecule has 0 spiro atoms. The zero-order valence-electron chi connectivity index (χ0n) is 18.7. The van der Waals surface area contributed by atoms with Crippen molar-refractivity contribution in [1.82, 2.24) is 24.7 Å². The summed E-state index contributed by atoms with van der Waals surface area (Å²) in [5, 5.41) is 15.8. The molecule has 0 unspecified atom stereocenters. The van der Waals surface area contributed by atoms with Gasteiger partial charge in [0.1, 0.15) is 17.4 Å². The molecule has 0 aliphatic rings. The number of benzene rings is 1. The van der Waals surface area contributed by atoms with Crippen LogP contribution >= 0.6 is 0 Å². The second-order valence-corrected chi connectivity index (χ2v) is 7.85. The quantitative estimate of drug-likeness (QED) is 0.337. The third kappa shape index (κ3) is 5.23. The molecule has 1 atom stereocenters. The van der Waals surface area contributed by atoms with Crippen LogP contribution < -0.4 is 16.4 Å². The van der Waals surface area contributed by atoms with Crippen LogP contribution in [0.25, 0.3) is 17.0 Å². The second kappa shape index (κ2) is 10.2. The summed E-state index contributed by atoms with van der Waals surface area (Å²) >= 11 is 0. The highest BCUT2D eigenvalue weighted by Crippen LogP contribution is 2.29. The van der Waals surface area contributed by atoms with E-state index < -0.39 is 12.3 Å². The van der Waals surface area contributed by atoms with E-state index in [1.807, 2.05) is 31.2 Å². The third-order valence-electron chi connectivity index (χ3n) is 5.38. The maximum atomic E-state index is 13.4. The number of anilines is 1. The number of nitrogens with one attached hydrogen (secondary N) is 2. The number of carbonyl (C=O) groups is 1. The molecule has 0 radical (unpaired) electrons. The highest BCUT2D eigenvalue weighted by atomic mass is 19.3. The van der Waals surface area contributed by atoms with Crippen LogP contribution in [0.2, 0.25) is 0 Å². The minimum Gasteiger partial charge on any atom is -0.369 e. The van der Waals surface area contributed by atoms with E-state index >= 15 is 0 Å². The van der Waals surface area contributed by atoms with Crippen LogP contribution in [0.15, 0.2) is 55.0 Å². The zero-order chi connectivity index (χ0) is 24.9. The van der Waals surface area contributed by atoms with Crippen molar-refractivity contribution < 1.29 is 13.6 Å². The Morgan fingerprint density at radius 1 is 1.23 bits per heavy atom. The van der Waals surface area contributed by atoms with Crippen molar-refractivity contribution in [2.45, 2.75) is 25.9 Å². The predicted molar refractivity (Wildman–Crippen MR) is 125 cm³/mol. The SMILES string of the molecule is C[C@H](Nc1ncc(C#N)c(-c2cnc3c(C(F)F)cccn23)n1)c1cccc(CNCC(N)=O)c1. The summed E-state index contributed by atoms with van der Waals surface area (Å²) in [4.78, 5) is 23.8. The smallest absolute Gasteiger partial charge is 0.267 e. The molecular formula is C24H22F2N8O. The number of nitriles is 1. The van der Waals surface area contributed by atoms with E-state index in [0.29, 0.717) is 12.2 Å². The van der Waals surface area contributed by atoms with Crippen molar-refractivity contribution in [2.24, 2.45) is 5.73 Å². The van der Waals surface area contributed by atoms with Gasteiger partial charge in [-0.15, -0.1) is 0 Å². The molecular weight excluding hydrogens is 454 g/mol. The number of aromatic nitrogens is 4. The maximum absolute atomic E-state index is 13.4. The zero-order valence-corrected chi connectivity index (χ0v) is 18.7. The van der Waals surface area contributed by atoms with E-state index in [-0.39, 0.29) is 41.0 Å². The van der Waals surface area contributed by atoms with Crippen LogP contribution in [0.3, 0.4) is 0 Å². The van der Waals surface area contributed by atoms with Crippen molar-refractivity contribution in [2.75, 3.05) is 11.9 Å². The average molecular weight is 476 g/mol. The van der Waals surface area contributed by atoms with Crippen molar-refractivity contribution in [1.29, 1.82) is 5.26 Å². The minimum atomic E-state index is -2.69. The number of hydrogen-bond acceptors (Lipinski definition) is 7. The first-order chi connectivity index (χ1) is 16.9. The number of amides is 1. The Hall–Kier alpha value is -4.43. The van der Waals surface area contributed by atoms with Gasteiger partial charge in [0.05, 0.1) is 41.8 Å². The van der Waals surface area contributed by atoms with Gasteiger partial charge in [0.25, 0.3) is 6.43 Å². The minimum absolute atomic E-state index is 0.0853. The Kier molecular flexibility index (Phi) is 6.93. The highest BCUT2D eigenvalue weighted by Gasteiger charge is 2.19. The van der Waals surface area contributed by atoms with E-state index in [2.05, 4.69) is 31.7 Å². The fourth-order valence-corrected chi connectivity index (χ4v) is 3.69. The summed E-state index contributed by atoms with van der Waals surface area (Å²) in [7, 11) is 0. The summed E-state index contributed by atoms with van der Waals surface area (Å²) in [6.45, 7) is 2.50. The number of primary amides is 1. The van der Waals surface area contributed by atoms with Crippen molar-refractivity contribution >= 4 is 17.5 Å². The number of alkyl halides is 2. The molecule has 9 nitrogen and oxygen atoms in total. The van der Waals surface area contributed by atoms with Gasteiger partial charge in [-0.3, -0.25) is 9.20 Å². The van der Waals surface area contributed by atoms with Gasteiger partial charge in [-0.2, -0.15) is 5.26 Å². The lowest BCUT2D eigenvalue weighted by atomic mass is 10.1. The number of rotatable bonds is 9. The first kappa shape index (κ1) is 23.7. The molecule has 1 aromatic carbocycles. The Morgan fingerprint density at radius 2 is 2.06 bits per heavy atom. The number of pyridine rings is 1. The Morgan fingerprint density at radius 3 is 2.80 bits per heavy atom. The van der Waals surface area contributed by atoms with Gasteiger partial charge < -0.3 is 16.4 Å². The maximum Gasteiger partial charge on any atom is 0.267 e. The predicted octanol–water partition coefficient (Wildman–Crippen LogP) is 3.35. The highest BCUT2D eigenvalue weighted by molar-refractivity contribution is 5.75. The molecule has 1 amide bonds. The molecule has 0 bridgehead atoms. The van der Waals surface area contributed by atoms with Crippen LogP contribution in [0.1, 0.15) is 41.6 Å². The molecule has 35 heavy (non-hydrogen) atoms.